The van der Waals surface area contributed by atoms with Crippen molar-refractivity contribution >= 4 is 38.8 Å². The number of nitrogens with zero attached hydrogens (tertiary/aromatic N) is 1. The molecular formula is C26H28FN3O2S. The summed E-state index contributed by atoms with van der Waals surface area (Å²) in [5, 5.41) is 5.49. The van der Waals surface area contributed by atoms with E-state index in [0.29, 0.717) is 11.4 Å². The molecule has 0 spiro atoms. The fourth-order valence-corrected chi connectivity index (χ4v) is 5.35. The molecule has 3 aromatic rings. The number of aromatic nitrogens is 1. The fourth-order valence-electron chi connectivity index (χ4n) is 4.22. The van der Waals surface area contributed by atoms with Gasteiger partial charge < -0.3 is 15.4 Å². The second kappa shape index (κ2) is 9.51. The van der Waals surface area contributed by atoms with Crippen molar-refractivity contribution in [2.24, 2.45) is 5.92 Å². The van der Waals surface area contributed by atoms with Crippen LogP contribution in [-0.4, -0.2) is 17.1 Å². The molecule has 0 saturated heterocycles. The highest BCUT2D eigenvalue weighted by molar-refractivity contribution is 7.20. The summed E-state index contributed by atoms with van der Waals surface area (Å²) in [5.74, 6) is 0.945. The number of ether oxygens (including phenoxy) is 1. The molecule has 5 nitrogen and oxygen atoms in total. The van der Waals surface area contributed by atoms with Gasteiger partial charge in [-0.05, 0) is 68.2 Å². The Morgan fingerprint density at radius 3 is 2.88 bits per heavy atom. The van der Waals surface area contributed by atoms with Gasteiger partial charge in [-0.15, -0.1) is 11.3 Å². The molecule has 1 fully saturated rings. The van der Waals surface area contributed by atoms with E-state index in [2.05, 4.69) is 34.7 Å². The number of fused-ring (bicyclic) bond motifs is 1. The average molecular weight is 466 g/mol. The van der Waals surface area contributed by atoms with Crippen LogP contribution >= 0.6 is 11.3 Å². The zero-order chi connectivity index (χ0) is 22.8. The number of anilines is 1. The van der Waals surface area contributed by atoms with Gasteiger partial charge in [0.15, 0.2) is 11.6 Å². The summed E-state index contributed by atoms with van der Waals surface area (Å²) in [4.78, 5) is 17.6. The van der Waals surface area contributed by atoms with Crippen molar-refractivity contribution in [1.82, 2.24) is 10.3 Å². The van der Waals surface area contributed by atoms with Crippen LogP contribution in [0.3, 0.4) is 0 Å². The Morgan fingerprint density at radius 2 is 2.09 bits per heavy atom. The Bertz CT molecular complexity index is 1200. The van der Waals surface area contributed by atoms with Gasteiger partial charge in [0.2, 0.25) is 0 Å². The minimum absolute atomic E-state index is 0.116. The number of nitrogens with one attached hydrogen (secondary N) is 2. The summed E-state index contributed by atoms with van der Waals surface area (Å²) in [7, 11) is 0. The number of rotatable bonds is 6. The predicted octanol–water partition coefficient (Wildman–Crippen LogP) is 7.50. The molecule has 0 aliphatic heterocycles. The van der Waals surface area contributed by atoms with Crippen LogP contribution in [0.1, 0.15) is 56.7 Å². The summed E-state index contributed by atoms with van der Waals surface area (Å²) >= 11 is 1.65. The van der Waals surface area contributed by atoms with Gasteiger partial charge in [0.05, 0.1) is 10.2 Å². The van der Waals surface area contributed by atoms with Crippen molar-refractivity contribution in [1.29, 1.82) is 0 Å². The standard InChI is InChI=1S/C26H28FN3O2S/c1-2-16-4-3-5-17(7-6-16)24-15-21-25(33-24)23(12-13-28-21)32-22-11-10-19(14-20(22)27)30-26(31)29-18-8-9-18/h7,10-16,18H,2-6,8-9H2,1H3,(H2,29,30,31). The maximum absolute atomic E-state index is 14.8. The number of hydrogen-bond donors (Lipinski definition) is 2. The number of urea groups is 1. The summed E-state index contributed by atoms with van der Waals surface area (Å²) in [5.41, 5.74) is 2.63. The first-order chi connectivity index (χ1) is 16.1. The third-order valence-electron chi connectivity index (χ3n) is 6.35. The van der Waals surface area contributed by atoms with Gasteiger partial charge >= 0.3 is 6.03 Å². The first kappa shape index (κ1) is 21.9. The zero-order valence-electron chi connectivity index (χ0n) is 18.7. The fraction of sp³-hybridized carbons (Fsp3) is 0.385. The lowest BCUT2D eigenvalue weighted by atomic mass is 9.98. The van der Waals surface area contributed by atoms with E-state index in [9.17, 15) is 9.18 Å². The van der Waals surface area contributed by atoms with Crippen LogP contribution in [-0.2, 0) is 0 Å². The van der Waals surface area contributed by atoms with E-state index in [-0.39, 0.29) is 17.8 Å². The summed E-state index contributed by atoms with van der Waals surface area (Å²) in [6, 6.07) is 8.28. The van der Waals surface area contributed by atoms with Gasteiger partial charge in [-0.1, -0.05) is 19.4 Å². The normalized spacial score (nSPS) is 18.5. The van der Waals surface area contributed by atoms with Crippen molar-refractivity contribution in [3.63, 3.8) is 0 Å². The maximum Gasteiger partial charge on any atom is 0.319 e. The zero-order valence-corrected chi connectivity index (χ0v) is 19.5. The lowest BCUT2D eigenvalue weighted by Gasteiger charge is -2.10. The molecule has 0 radical (unpaired) electrons. The second-order valence-electron chi connectivity index (χ2n) is 8.89. The van der Waals surface area contributed by atoms with E-state index >= 15 is 0 Å². The van der Waals surface area contributed by atoms with Crippen molar-refractivity contribution in [2.45, 2.75) is 57.9 Å². The third-order valence-corrected chi connectivity index (χ3v) is 7.56. The monoisotopic (exact) mass is 465 g/mol. The molecule has 1 unspecified atom stereocenters. The molecule has 2 aliphatic carbocycles. The molecule has 2 heterocycles. The van der Waals surface area contributed by atoms with Gasteiger partial charge in [0.1, 0.15) is 5.75 Å². The van der Waals surface area contributed by atoms with Crippen LogP contribution in [0.2, 0.25) is 0 Å². The van der Waals surface area contributed by atoms with Crippen LogP contribution in [0.25, 0.3) is 15.8 Å². The lowest BCUT2D eigenvalue weighted by molar-refractivity contribution is 0.251. The Hall–Kier alpha value is -2.93. The summed E-state index contributed by atoms with van der Waals surface area (Å²) in [6.45, 7) is 2.27. The number of halogens is 1. The molecule has 2 aliphatic rings. The van der Waals surface area contributed by atoms with Crippen molar-refractivity contribution < 1.29 is 13.9 Å². The molecule has 33 heavy (non-hydrogen) atoms. The van der Waals surface area contributed by atoms with E-state index in [1.807, 2.05) is 0 Å². The van der Waals surface area contributed by atoms with E-state index in [1.165, 1.54) is 35.8 Å². The molecule has 1 saturated carbocycles. The topological polar surface area (TPSA) is 63.2 Å². The highest BCUT2D eigenvalue weighted by Gasteiger charge is 2.23. The van der Waals surface area contributed by atoms with E-state index < -0.39 is 5.82 Å². The van der Waals surface area contributed by atoms with Gasteiger partial charge in [-0.25, -0.2) is 9.18 Å². The van der Waals surface area contributed by atoms with Crippen LogP contribution < -0.4 is 15.4 Å². The lowest BCUT2D eigenvalue weighted by Crippen LogP contribution is -2.30. The third kappa shape index (κ3) is 5.19. The smallest absolute Gasteiger partial charge is 0.319 e. The Kier molecular flexibility index (Phi) is 6.31. The molecule has 1 atom stereocenters. The maximum atomic E-state index is 14.8. The molecule has 2 aromatic heterocycles. The number of hydrogen-bond acceptors (Lipinski definition) is 4. The molecular weight excluding hydrogens is 437 g/mol. The number of carbonyl (C=O) groups excluding carboxylic acids is 1. The van der Waals surface area contributed by atoms with Crippen molar-refractivity contribution in [2.75, 3.05) is 5.32 Å². The quantitative estimate of drug-likeness (QED) is 0.396. The molecule has 5 rings (SSSR count). The van der Waals surface area contributed by atoms with Crippen molar-refractivity contribution in [3.05, 3.63) is 53.3 Å². The largest absolute Gasteiger partial charge is 0.453 e. The average Bonchev–Trinajstić information content (AvgIpc) is 3.55. The Balaban J connectivity index is 1.34. The molecule has 2 N–H and O–H groups in total. The first-order valence-electron chi connectivity index (χ1n) is 11.7. The number of pyridine rings is 1. The summed E-state index contributed by atoms with van der Waals surface area (Å²) < 4.78 is 21.6. The highest BCUT2D eigenvalue weighted by Crippen LogP contribution is 2.40. The Labute approximate surface area is 197 Å². The van der Waals surface area contributed by atoms with Gasteiger partial charge in [0.25, 0.3) is 0 Å². The molecule has 7 heteroatoms. The van der Waals surface area contributed by atoms with E-state index in [1.54, 1.807) is 35.7 Å². The minimum Gasteiger partial charge on any atom is -0.453 e. The number of allylic oxidation sites excluding steroid dienone is 2. The SMILES string of the molecule is CCC1CC=C(c2cc3nccc(Oc4ccc(NC(=O)NC5CC5)cc4F)c3s2)CCC1. The number of benzene rings is 1. The first-order valence-corrected chi connectivity index (χ1v) is 12.5. The number of thiophene rings is 1. The van der Waals surface area contributed by atoms with Crippen LogP contribution in [0.4, 0.5) is 14.9 Å². The molecule has 0 bridgehead atoms. The van der Waals surface area contributed by atoms with E-state index in [0.717, 1.165) is 41.8 Å². The van der Waals surface area contributed by atoms with Crippen LogP contribution in [0, 0.1) is 11.7 Å². The van der Waals surface area contributed by atoms with Crippen LogP contribution in [0.5, 0.6) is 11.5 Å². The highest BCUT2D eigenvalue weighted by atomic mass is 32.1. The summed E-state index contributed by atoms with van der Waals surface area (Å²) in [6.07, 6.45) is 12.0. The van der Waals surface area contributed by atoms with Crippen molar-refractivity contribution in [3.8, 4) is 11.5 Å². The number of amides is 2. The predicted molar refractivity (Wildman–Crippen MR) is 131 cm³/mol. The Morgan fingerprint density at radius 1 is 1.21 bits per heavy atom. The molecule has 1 aromatic carbocycles. The van der Waals surface area contributed by atoms with Gasteiger partial charge in [-0.3, -0.25) is 4.98 Å². The number of carbonyl (C=O) groups is 1. The van der Waals surface area contributed by atoms with Gasteiger partial charge in [0, 0.05) is 34.9 Å². The second-order valence-corrected chi connectivity index (χ2v) is 9.94. The van der Waals surface area contributed by atoms with E-state index in [4.69, 9.17) is 4.74 Å². The molecule has 2 amide bonds. The van der Waals surface area contributed by atoms with Crippen LogP contribution in [0.15, 0.2) is 42.6 Å². The van der Waals surface area contributed by atoms with Gasteiger partial charge in [-0.2, -0.15) is 0 Å². The minimum atomic E-state index is -0.530. The molecule has 172 valence electrons.